The maximum absolute atomic E-state index is 13.5. The summed E-state index contributed by atoms with van der Waals surface area (Å²) in [7, 11) is 3.22. The monoisotopic (exact) mass is 396 g/mol. The van der Waals surface area contributed by atoms with E-state index in [1.807, 2.05) is 48.5 Å². The van der Waals surface area contributed by atoms with Crippen molar-refractivity contribution in [3.8, 4) is 11.5 Å². The molecule has 0 saturated heterocycles. The van der Waals surface area contributed by atoms with Gasteiger partial charge in [0.05, 0.1) is 14.2 Å². The number of hydrogen-bond donors (Lipinski definition) is 0. The first-order valence-corrected chi connectivity index (χ1v) is 10.4. The van der Waals surface area contributed by atoms with Crippen molar-refractivity contribution in [2.45, 2.75) is 42.6 Å². The Bertz CT molecular complexity index is 898. The molecule has 28 heavy (non-hydrogen) atoms. The second-order valence-corrected chi connectivity index (χ2v) is 8.21. The minimum Gasteiger partial charge on any atom is -0.493 e. The minimum atomic E-state index is -0.710. The van der Waals surface area contributed by atoms with Crippen LogP contribution in [-0.2, 0) is 9.53 Å². The minimum absolute atomic E-state index is 0.117. The molecule has 0 radical (unpaired) electrons. The third kappa shape index (κ3) is 3.39. The van der Waals surface area contributed by atoms with Gasteiger partial charge in [0, 0.05) is 10.5 Å². The van der Waals surface area contributed by atoms with Crippen LogP contribution in [0.4, 0.5) is 0 Å². The van der Waals surface area contributed by atoms with Crippen molar-refractivity contribution in [1.82, 2.24) is 0 Å². The predicted molar refractivity (Wildman–Crippen MR) is 111 cm³/mol. The van der Waals surface area contributed by atoms with Crippen molar-refractivity contribution >= 4 is 23.3 Å². The molecule has 0 amide bonds. The Hall–Kier alpha value is -2.40. The third-order valence-corrected chi connectivity index (χ3v) is 6.48. The Morgan fingerprint density at radius 2 is 1.64 bits per heavy atom. The zero-order valence-electron chi connectivity index (χ0n) is 16.2. The van der Waals surface area contributed by atoms with Crippen LogP contribution in [0.3, 0.4) is 0 Å². The van der Waals surface area contributed by atoms with Crippen molar-refractivity contribution in [3.63, 3.8) is 0 Å². The average molecular weight is 397 g/mol. The van der Waals surface area contributed by atoms with Crippen LogP contribution in [-0.4, -0.2) is 25.6 Å². The molecule has 146 valence electrons. The van der Waals surface area contributed by atoms with E-state index in [-0.39, 0.29) is 5.78 Å². The van der Waals surface area contributed by atoms with E-state index in [1.54, 1.807) is 14.2 Å². The smallest absolute Gasteiger partial charge is 0.216 e. The van der Waals surface area contributed by atoms with Gasteiger partial charge in [-0.3, -0.25) is 4.79 Å². The number of benzene rings is 2. The molecule has 4 nitrogen and oxygen atoms in total. The van der Waals surface area contributed by atoms with Gasteiger partial charge in [0.1, 0.15) is 10.7 Å². The number of methoxy groups -OCH3 is 2. The summed E-state index contributed by atoms with van der Waals surface area (Å²) in [5.74, 6) is 2.05. The van der Waals surface area contributed by atoms with Crippen LogP contribution in [0.25, 0.3) is 5.76 Å². The molecule has 1 fully saturated rings. The molecule has 0 N–H and O–H groups in total. The van der Waals surface area contributed by atoms with Crippen LogP contribution in [0.2, 0.25) is 0 Å². The Balaban J connectivity index is 1.78. The molecule has 0 atom stereocenters. The van der Waals surface area contributed by atoms with Gasteiger partial charge in [-0.15, -0.1) is 0 Å². The van der Waals surface area contributed by atoms with E-state index in [2.05, 4.69) is 0 Å². The molecule has 5 heteroatoms. The molecule has 0 unspecified atom stereocenters. The molecular weight excluding hydrogens is 372 g/mol. The molecule has 1 aliphatic carbocycles. The van der Waals surface area contributed by atoms with Crippen LogP contribution in [0.1, 0.15) is 37.7 Å². The third-order valence-electron chi connectivity index (χ3n) is 5.39. The Kier molecular flexibility index (Phi) is 5.36. The molecule has 1 spiro atoms. The molecule has 1 heterocycles. The van der Waals surface area contributed by atoms with Crippen LogP contribution >= 0.6 is 11.8 Å². The zero-order valence-corrected chi connectivity index (χ0v) is 17.0. The van der Waals surface area contributed by atoms with E-state index in [1.165, 1.54) is 11.8 Å². The van der Waals surface area contributed by atoms with Gasteiger partial charge in [-0.25, -0.2) is 0 Å². The highest BCUT2D eigenvalue weighted by Gasteiger charge is 2.50. The molecular formula is C23H24O4S. The van der Waals surface area contributed by atoms with Crippen LogP contribution in [0, 0.1) is 0 Å². The lowest BCUT2D eigenvalue weighted by Crippen LogP contribution is -2.39. The molecule has 1 aliphatic heterocycles. The average Bonchev–Trinajstić information content (AvgIpc) is 3.00. The quantitative estimate of drug-likeness (QED) is 0.671. The van der Waals surface area contributed by atoms with E-state index in [9.17, 15) is 4.79 Å². The van der Waals surface area contributed by atoms with Gasteiger partial charge in [0.25, 0.3) is 0 Å². The van der Waals surface area contributed by atoms with Gasteiger partial charge >= 0.3 is 0 Å². The second kappa shape index (κ2) is 7.92. The number of hydrogen-bond acceptors (Lipinski definition) is 5. The highest BCUT2D eigenvalue weighted by atomic mass is 32.2. The van der Waals surface area contributed by atoms with E-state index in [0.29, 0.717) is 22.2 Å². The number of ketones is 1. The molecule has 0 bridgehead atoms. The van der Waals surface area contributed by atoms with Gasteiger partial charge < -0.3 is 14.2 Å². The van der Waals surface area contributed by atoms with Gasteiger partial charge in [-0.05, 0) is 56.0 Å². The maximum Gasteiger partial charge on any atom is 0.216 e. The molecule has 2 aromatic rings. The summed E-state index contributed by atoms with van der Waals surface area (Å²) in [6, 6.07) is 15.6. The summed E-state index contributed by atoms with van der Waals surface area (Å²) in [6.45, 7) is 0. The fourth-order valence-corrected chi connectivity index (χ4v) is 4.98. The standard InChI is InChI=1S/C23H24O4S/c1-25-18-12-11-16(15-19(18)26-2)20-21(28-17-9-5-3-6-10-17)22(24)23(27-20)13-7-4-8-14-23/h3,5-6,9-12,15H,4,7-8,13-14H2,1-2H3. The Morgan fingerprint density at radius 1 is 0.929 bits per heavy atom. The topological polar surface area (TPSA) is 44.8 Å². The van der Waals surface area contributed by atoms with Crippen molar-refractivity contribution in [1.29, 1.82) is 0 Å². The number of ether oxygens (including phenoxy) is 3. The van der Waals surface area contributed by atoms with Gasteiger partial charge in [-0.1, -0.05) is 36.4 Å². The largest absolute Gasteiger partial charge is 0.493 e. The summed E-state index contributed by atoms with van der Waals surface area (Å²) in [6.07, 6.45) is 4.76. The molecule has 2 aliphatic rings. The normalized spacial score (nSPS) is 18.3. The SMILES string of the molecule is COc1ccc(C2=C(Sc3ccccc3)C(=O)C3(CCCCC3)O2)cc1OC. The molecule has 1 saturated carbocycles. The second-order valence-electron chi connectivity index (χ2n) is 7.13. The van der Waals surface area contributed by atoms with E-state index < -0.39 is 5.60 Å². The van der Waals surface area contributed by atoms with Crippen LogP contribution in [0.5, 0.6) is 11.5 Å². The Labute approximate surface area is 169 Å². The van der Waals surface area contributed by atoms with Crippen molar-refractivity contribution in [3.05, 3.63) is 59.0 Å². The molecule has 0 aromatic heterocycles. The first kappa shape index (κ1) is 18.9. The van der Waals surface area contributed by atoms with E-state index in [4.69, 9.17) is 14.2 Å². The number of carbonyl (C=O) groups is 1. The lowest BCUT2D eigenvalue weighted by molar-refractivity contribution is -0.131. The van der Waals surface area contributed by atoms with Crippen molar-refractivity contribution in [2.75, 3.05) is 14.2 Å². The van der Waals surface area contributed by atoms with Crippen molar-refractivity contribution in [2.24, 2.45) is 0 Å². The predicted octanol–water partition coefficient (Wildman–Crippen LogP) is 5.47. The summed E-state index contributed by atoms with van der Waals surface area (Å²) >= 11 is 1.49. The van der Waals surface area contributed by atoms with E-state index >= 15 is 0 Å². The first-order valence-electron chi connectivity index (χ1n) is 9.60. The van der Waals surface area contributed by atoms with Gasteiger partial charge in [-0.2, -0.15) is 0 Å². The number of Topliss-reactive ketones (excluding diaryl/α,β-unsaturated/α-hetero) is 1. The van der Waals surface area contributed by atoms with Crippen LogP contribution < -0.4 is 9.47 Å². The number of thioether (sulfide) groups is 1. The van der Waals surface area contributed by atoms with Gasteiger partial charge in [0.2, 0.25) is 5.78 Å². The summed E-state index contributed by atoms with van der Waals surface area (Å²) < 4.78 is 17.3. The maximum atomic E-state index is 13.5. The first-order chi connectivity index (χ1) is 13.7. The summed E-state index contributed by atoms with van der Waals surface area (Å²) in [4.78, 5) is 15.2. The molecule has 2 aromatic carbocycles. The van der Waals surface area contributed by atoms with E-state index in [0.717, 1.165) is 42.6 Å². The fraction of sp³-hybridized carbons (Fsp3) is 0.348. The number of rotatable bonds is 5. The molecule has 4 rings (SSSR count). The Morgan fingerprint density at radius 3 is 2.32 bits per heavy atom. The number of carbonyl (C=O) groups excluding carboxylic acids is 1. The van der Waals surface area contributed by atoms with Crippen molar-refractivity contribution < 1.29 is 19.0 Å². The fourth-order valence-electron chi connectivity index (χ4n) is 3.92. The lowest BCUT2D eigenvalue weighted by Gasteiger charge is -2.32. The van der Waals surface area contributed by atoms with Gasteiger partial charge in [0.15, 0.2) is 17.1 Å². The zero-order chi connectivity index (χ0) is 19.6. The van der Waals surface area contributed by atoms with Crippen LogP contribution in [0.15, 0.2) is 58.3 Å². The summed E-state index contributed by atoms with van der Waals surface area (Å²) in [5.41, 5.74) is 0.129. The lowest BCUT2D eigenvalue weighted by atomic mass is 9.82. The highest BCUT2D eigenvalue weighted by Crippen LogP contribution is 2.50. The highest BCUT2D eigenvalue weighted by molar-refractivity contribution is 8.04. The summed E-state index contributed by atoms with van der Waals surface area (Å²) in [5, 5.41) is 0.